The third-order valence-electron chi connectivity index (χ3n) is 2.50. The Labute approximate surface area is 110 Å². The van der Waals surface area contributed by atoms with Gasteiger partial charge in [0.05, 0.1) is 0 Å². The number of urea groups is 1. The van der Waals surface area contributed by atoms with Crippen LogP contribution in [0.3, 0.4) is 0 Å². The smallest absolute Gasteiger partial charge is 0.326 e. The molecule has 6 heteroatoms. The number of aliphatic carboxylic acids is 1. The molecule has 1 heterocycles. The van der Waals surface area contributed by atoms with Crippen molar-refractivity contribution < 1.29 is 14.7 Å². The molecule has 0 saturated heterocycles. The topological polar surface area (TPSA) is 78.4 Å². The minimum absolute atomic E-state index is 0.148. The van der Waals surface area contributed by atoms with Crippen LogP contribution in [0.2, 0.25) is 0 Å². The molecule has 0 aliphatic heterocycles. The molecule has 1 rings (SSSR count). The lowest BCUT2D eigenvalue weighted by atomic mass is 10.1. The van der Waals surface area contributed by atoms with Crippen molar-refractivity contribution in [1.29, 1.82) is 0 Å². The van der Waals surface area contributed by atoms with Gasteiger partial charge in [0.1, 0.15) is 6.04 Å². The summed E-state index contributed by atoms with van der Waals surface area (Å²) in [6.45, 7) is 4.00. The van der Waals surface area contributed by atoms with Crippen molar-refractivity contribution in [2.24, 2.45) is 5.92 Å². The van der Waals surface area contributed by atoms with Crippen molar-refractivity contribution in [3.05, 3.63) is 22.4 Å². The van der Waals surface area contributed by atoms with Gasteiger partial charge in [0.25, 0.3) is 0 Å². The summed E-state index contributed by atoms with van der Waals surface area (Å²) in [7, 11) is 0. The normalized spacial score (nSPS) is 12.2. The van der Waals surface area contributed by atoms with Crippen LogP contribution < -0.4 is 10.6 Å². The Morgan fingerprint density at radius 1 is 1.44 bits per heavy atom. The van der Waals surface area contributed by atoms with E-state index in [9.17, 15) is 9.59 Å². The van der Waals surface area contributed by atoms with E-state index in [1.165, 1.54) is 5.56 Å². The van der Waals surface area contributed by atoms with Crippen molar-refractivity contribution in [2.45, 2.75) is 26.3 Å². The summed E-state index contributed by atoms with van der Waals surface area (Å²) in [6, 6.07) is 0.704. The summed E-state index contributed by atoms with van der Waals surface area (Å²) in [5.74, 6) is -1.16. The summed E-state index contributed by atoms with van der Waals surface area (Å²) >= 11 is 1.61. The number of nitrogens with one attached hydrogen (secondary N) is 2. The highest BCUT2D eigenvalue weighted by Crippen LogP contribution is 2.05. The van der Waals surface area contributed by atoms with E-state index in [4.69, 9.17) is 5.11 Å². The second-order valence-electron chi connectivity index (χ2n) is 4.34. The first-order valence-corrected chi connectivity index (χ1v) is 6.73. The average Bonchev–Trinajstić information content (AvgIpc) is 2.78. The molecule has 100 valence electrons. The molecule has 0 aromatic carbocycles. The molecule has 1 aromatic rings. The Kier molecular flexibility index (Phi) is 5.64. The minimum atomic E-state index is -1.02. The van der Waals surface area contributed by atoms with Crippen molar-refractivity contribution >= 4 is 23.3 Å². The maximum absolute atomic E-state index is 11.5. The summed E-state index contributed by atoms with van der Waals surface area (Å²) in [5, 5.41) is 18.0. The third kappa shape index (κ3) is 4.75. The number of carbonyl (C=O) groups excluding carboxylic acids is 1. The largest absolute Gasteiger partial charge is 0.480 e. The van der Waals surface area contributed by atoms with E-state index < -0.39 is 18.0 Å². The molecule has 0 spiro atoms. The summed E-state index contributed by atoms with van der Waals surface area (Å²) in [4.78, 5) is 22.4. The highest BCUT2D eigenvalue weighted by molar-refractivity contribution is 7.07. The maximum atomic E-state index is 11.5. The number of carboxylic acid groups (broad SMARTS) is 1. The molecular weight excluding hydrogens is 252 g/mol. The van der Waals surface area contributed by atoms with E-state index in [1.54, 1.807) is 25.2 Å². The first-order valence-electron chi connectivity index (χ1n) is 5.79. The van der Waals surface area contributed by atoms with Crippen LogP contribution in [0.1, 0.15) is 19.4 Å². The second-order valence-corrected chi connectivity index (χ2v) is 5.12. The molecule has 0 unspecified atom stereocenters. The minimum Gasteiger partial charge on any atom is -0.480 e. The Morgan fingerprint density at radius 3 is 2.67 bits per heavy atom. The summed E-state index contributed by atoms with van der Waals surface area (Å²) in [5.41, 5.74) is 1.17. The number of rotatable bonds is 6. The van der Waals surface area contributed by atoms with Crippen LogP contribution in [0.25, 0.3) is 0 Å². The van der Waals surface area contributed by atoms with Crippen molar-refractivity contribution in [3.63, 3.8) is 0 Å². The summed E-state index contributed by atoms with van der Waals surface area (Å²) < 4.78 is 0. The lowest BCUT2D eigenvalue weighted by molar-refractivity contribution is -0.140. The molecule has 0 aliphatic rings. The van der Waals surface area contributed by atoms with Crippen molar-refractivity contribution in [2.75, 3.05) is 6.54 Å². The quantitative estimate of drug-likeness (QED) is 0.736. The van der Waals surface area contributed by atoms with E-state index in [0.29, 0.717) is 6.54 Å². The number of hydrogen-bond acceptors (Lipinski definition) is 3. The highest BCUT2D eigenvalue weighted by atomic mass is 32.1. The van der Waals surface area contributed by atoms with E-state index in [2.05, 4.69) is 10.6 Å². The molecule has 1 aromatic heterocycles. The van der Waals surface area contributed by atoms with Gasteiger partial charge in [-0.25, -0.2) is 9.59 Å². The molecule has 0 aliphatic carbocycles. The first kappa shape index (κ1) is 14.5. The Morgan fingerprint density at radius 2 is 2.17 bits per heavy atom. The van der Waals surface area contributed by atoms with Gasteiger partial charge < -0.3 is 15.7 Å². The average molecular weight is 270 g/mol. The Balaban J connectivity index is 2.30. The van der Waals surface area contributed by atoms with E-state index in [0.717, 1.165) is 6.42 Å². The predicted molar refractivity (Wildman–Crippen MR) is 70.8 cm³/mol. The molecule has 0 radical (unpaired) electrons. The van der Waals surface area contributed by atoms with Gasteiger partial charge in [-0.3, -0.25) is 0 Å². The Hall–Kier alpha value is -1.56. The van der Waals surface area contributed by atoms with Gasteiger partial charge >= 0.3 is 12.0 Å². The summed E-state index contributed by atoms with van der Waals surface area (Å²) in [6.07, 6.45) is 0.746. The zero-order valence-corrected chi connectivity index (χ0v) is 11.3. The van der Waals surface area contributed by atoms with Crippen LogP contribution in [0.5, 0.6) is 0 Å². The van der Waals surface area contributed by atoms with Gasteiger partial charge in [-0.05, 0) is 34.7 Å². The molecule has 1 atom stereocenters. The van der Waals surface area contributed by atoms with Crippen LogP contribution in [0.4, 0.5) is 4.79 Å². The third-order valence-corrected chi connectivity index (χ3v) is 3.23. The van der Waals surface area contributed by atoms with Gasteiger partial charge in [-0.2, -0.15) is 11.3 Å². The number of carboxylic acids is 1. The van der Waals surface area contributed by atoms with Crippen molar-refractivity contribution in [3.8, 4) is 0 Å². The number of thiophene rings is 1. The van der Waals surface area contributed by atoms with E-state index in [1.807, 2.05) is 16.8 Å². The molecule has 18 heavy (non-hydrogen) atoms. The van der Waals surface area contributed by atoms with Gasteiger partial charge in [0.2, 0.25) is 0 Å². The first-order chi connectivity index (χ1) is 8.50. The van der Waals surface area contributed by atoms with Gasteiger partial charge in [-0.1, -0.05) is 13.8 Å². The predicted octanol–water partition coefficient (Wildman–Crippen LogP) is 1.70. The molecule has 3 N–H and O–H groups in total. The van der Waals surface area contributed by atoms with Crippen LogP contribution in [-0.4, -0.2) is 29.7 Å². The monoisotopic (exact) mass is 270 g/mol. The standard InChI is InChI=1S/C12H18N2O3S/c1-8(2)10(11(15)16)14-12(17)13-5-3-9-4-6-18-7-9/h4,6-8,10H,3,5H2,1-2H3,(H,15,16)(H2,13,14,17)/t10-/m0/s1. The number of carbonyl (C=O) groups is 2. The molecule has 5 nitrogen and oxygen atoms in total. The molecular formula is C12H18N2O3S. The van der Waals surface area contributed by atoms with Crippen LogP contribution >= 0.6 is 11.3 Å². The number of hydrogen-bond donors (Lipinski definition) is 3. The molecule has 0 bridgehead atoms. The van der Waals surface area contributed by atoms with Crippen LogP contribution in [0, 0.1) is 5.92 Å². The lowest BCUT2D eigenvalue weighted by Gasteiger charge is -2.18. The molecule has 2 amide bonds. The van der Waals surface area contributed by atoms with E-state index in [-0.39, 0.29) is 5.92 Å². The van der Waals surface area contributed by atoms with Gasteiger partial charge in [0.15, 0.2) is 0 Å². The lowest BCUT2D eigenvalue weighted by Crippen LogP contribution is -2.48. The zero-order valence-electron chi connectivity index (χ0n) is 10.5. The molecule has 0 fully saturated rings. The van der Waals surface area contributed by atoms with Crippen LogP contribution in [-0.2, 0) is 11.2 Å². The highest BCUT2D eigenvalue weighted by Gasteiger charge is 2.22. The maximum Gasteiger partial charge on any atom is 0.326 e. The second kappa shape index (κ2) is 7.00. The van der Waals surface area contributed by atoms with E-state index >= 15 is 0 Å². The van der Waals surface area contributed by atoms with Gasteiger partial charge in [0, 0.05) is 6.54 Å². The van der Waals surface area contributed by atoms with Gasteiger partial charge in [-0.15, -0.1) is 0 Å². The van der Waals surface area contributed by atoms with Crippen LogP contribution in [0.15, 0.2) is 16.8 Å². The van der Waals surface area contributed by atoms with Crippen molar-refractivity contribution in [1.82, 2.24) is 10.6 Å². The number of amides is 2. The molecule has 0 saturated carbocycles. The SMILES string of the molecule is CC(C)[C@H](NC(=O)NCCc1ccsc1)C(=O)O. The fourth-order valence-corrected chi connectivity index (χ4v) is 2.16. The Bertz CT molecular complexity index is 390. The fourth-order valence-electron chi connectivity index (χ4n) is 1.46. The zero-order chi connectivity index (χ0) is 13.5. The fraction of sp³-hybridized carbons (Fsp3) is 0.500.